The standard InChI is InChI=1S/C20H24N8O2/c1-13-4-5-19(29)27(24-13)7-6-21-20(30)16-10-26(11-16)17-9-18(23-12-22-17)28-15(3)8-14(2)25-28/h4-5,8-9,12,16H,6-7,10-11H2,1-3H3,(H,21,30). The van der Waals surface area contributed by atoms with E-state index >= 15 is 0 Å². The van der Waals surface area contributed by atoms with Crippen LogP contribution in [0.2, 0.25) is 0 Å². The Kier molecular flexibility index (Phi) is 5.30. The highest BCUT2D eigenvalue weighted by Crippen LogP contribution is 2.24. The van der Waals surface area contributed by atoms with E-state index in [1.54, 1.807) is 10.7 Å². The summed E-state index contributed by atoms with van der Waals surface area (Å²) in [5.41, 5.74) is 2.52. The van der Waals surface area contributed by atoms with E-state index in [9.17, 15) is 9.59 Å². The molecule has 30 heavy (non-hydrogen) atoms. The molecule has 1 aliphatic rings. The normalized spacial score (nSPS) is 13.9. The summed E-state index contributed by atoms with van der Waals surface area (Å²) < 4.78 is 3.15. The van der Waals surface area contributed by atoms with Crippen LogP contribution in [0.1, 0.15) is 17.1 Å². The van der Waals surface area contributed by atoms with Gasteiger partial charge >= 0.3 is 0 Å². The number of anilines is 1. The van der Waals surface area contributed by atoms with Crippen LogP contribution >= 0.6 is 0 Å². The minimum absolute atomic E-state index is 0.0280. The van der Waals surface area contributed by atoms with Gasteiger partial charge in [0.2, 0.25) is 5.91 Å². The molecule has 0 bridgehead atoms. The Morgan fingerprint density at radius 1 is 1.07 bits per heavy atom. The smallest absolute Gasteiger partial charge is 0.266 e. The fraction of sp³-hybridized carbons (Fsp3) is 0.400. The first kappa shape index (κ1) is 19.7. The summed E-state index contributed by atoms with van der Waals surface area (Å²) in [5, 5.41) is 11.5. The Bertz CT molecular complexity index is 1130. The fourth-order valence-corrected chi connectivity index (χ4v) is 3.46. The lowest BCUT2D eigenvalue weighted by Crippen LogP contribution is -2.54. The van der Waals surface area contributed by atoms with Crippen molar-refractivity contribution >= 4 is 11.7 Å². The molecule has 0 aliphatic carbocycles. The number of hydrogen-bond acceptors (Lipinski definition) is 7. The average Bonchev–Trinajstić information content (AvgIpc) is 3.02. The largest absolute Gasteiger partial charge is 0.355 e. The van der Waals surface area contributed by atoms with Gasteiger partial charge in [0.1, 0.15) is 12.1 Å². The highest BCUT2D eigenvalue weighted by atomic mass is 16.2. The van der Waals surface area contributed by atoms with Crippen molar-refractivity contribution in [2.75, 3.05) is 24.5 Å². The number of rotatable bonds is 6. The number of nitrogens with zero attached hydrogens (tertiary/aromatic N) is 7. The van der Waals surface area contributed by atoms with Gasteiger partial charge in [0, 0.05) is 37.5 Å². The second-order valence-corrected chi connectivity index (χ2v) is 7.50. The van der Waals surface area contributed by atoms with Crippen LogP contribution in [0.25, 0.3) is 5.82 Å². The number of nitrogens with one attached hydrogen (secondary N) is 1. The monoisotopic (exact) mass is 408 g/mol. The van der Waals surface area contributed by atoms with Gasteiger partial charge in [-0.1, -0.05) is 0 Å². The van der Waals surface area contributed by atoms with Crippen LogP contribution in [0.3, 0.4) is 0 Å². The molecule has 0 atom stereocenters. The number of carbonyl (C=O) groups is 1. The van der Waals surface area contributed by atoms with Crippen LogP contribution in [0.5, 0.6) is 0 Å². The summed E-state index contributed by atoms with van der Waals surface area (Å²) in [7, 11) is 0. The maximum absolute atomic E-state index is 12.4. The Morgan fingerprint density at radius 3 is 2.57 bits per heavy atom. The first-order valence-electron chi connectivity index (χ1n) is 9.84. The van der Waals surface area contributed by atoms with E-state index in [0.717, 1.165) is 22.9 Å². The van der Waals surface area contributed by atoms with Crippen molar-refractivity contribution in [2.24, 2.45) is 5.92 Å². The third-order valence-electron chi connectivity index (χ3n) is 5.06. The molecule has 4 heterocycles. The zero-order chi connectivity index (χ0) is 21.3. The average molecular weight is 408 g/mol. The summed E-state index contributed by atoms with van der Waals surface area (Å²) in [4.78, 5) is 34.8. The second-order valence-electron chi connectivity index (χ2n) is 7.50. The van der Waals surface area contributed by atoms with Crippen molar-refractivity contribution < 1.29 is 4.79 Å². The topological polar surface area (TPSA) is 111 Å². The maximum atomic E-state index is 12.4. The van der Waals surface area contributed by atoms with Crippen LogP contribution in [-0.4, -0.2) is 55.1 Å². The van der Waals surface area contributed by atoms with Crippen LogP contribution in [0.15, 0.2) is 35.4 Å². The molecule has 1 fully saturated rings. The molecule has 1 N–H and O–H groups in total. The third kappa shape index (κ3) is 4.07. The lowest BCUT2D eigenvalue weighted by atomic mass is 9.99. The van der Waals surface area contributed by atoms with Crippen molar-refractivity contribution in [1.82, 2.24) is 34.8 Å². The van der Waals surface area contributed by atoms with Crippen molar-refractivity contribution in [1.29, 1.82) is 0 Å². The van der Waals surface area contributed by atoms with Gasteiger partial charge in [-0.25, -0.2) is 19.3 Å². The van der Waals surface area contributed by atoms with Gasteiger partial charge < -0.3 is 10.2 Å². The van der Waals surface area contributed by atoms with E-state index in [1.807, 2.05) is 37.8 Å². The Hall–Kier alpha value is -3.56. The van der Waals surface area contributed by atoms with Crippen molar-refractivity contribution in [3.05, 3.63) is 58.0 Å². The van der Waals surface area contributed by atoms with Crippen LogP contribution in [-0.2, 0) is 11.3 Å². The molecule has 0 aromatic carbocycles. The molecule has 3 aromatic heterocycles. The predicted molar refractivity (Wildman–Crippen MR) is 111 cm³/mol. The van der Waals surface area contributed by atoms with E-state index in [-0.39, 0.29) is 17.4 Å². The molecule has 10 nitrogen and oxygen atoms in total. The Balaban J connectivity index is 1.31. The summed E-state index contributed by atoms with van der Waals surface area (Å²) in [5.74, 6) is 1.33. The molecule has 3 aromatic rings. The second kappa shape index (κ2) is 8.05. The van der Waals surface area contributed by atoms with Crippen LogP contribution in [0, 0.1) is 26.7 Å². The van der Waals surface area contributed by atoms with Gasteiger partial charge in [-0.3, -0.25) is 9.59 Å². The first-order valence-corrected chi connectivity index (χ1v) is 9.84. The van der Waals surface area contributed by atoms with Gasteiger partial charge in [0.15, 0.2) is 5.82 Å². The number of carbonyl (C=O) groups excluding carboxylic acids is 1. The number of aromatic nitrogens is 6. The molecular formula is C20H24N8O2. The zero-order valence-corrected chi connectivity index (χ0v) is 17.2. The van der Waals surface area contributed by atoms with Crippen molar-refractivity contribution in [3.63, 3.8) is 0 Å². The Morgan fingerprint density at radius 2 is 1.83 bits per heavy atom. The van der Waals surface area contributed by atoms with Crippen molar-refractivity contribution in [2.45, 2.75) is 27.3 Å². The van der Waals surface area contributed by atoms with Gasteiger partial charge in [-0.15, -0.1) is 0 Å². The fourth-order valence-electron chi connectivity index (χ4n) is 3.46. The minimum Gasteiger partial charge on any atom is -0.355 e. The molecule has 1 amide bonds. The predicted octanol–water partition coefficient (Wildman–Crippen LogP) is 0.397. The minimum atomic E-state index is -0.174. The number of hydrogen-bond donors (Lipinski definition) is 1. The molecule has 0 unspecified atom stereocenters. The maximum Gasteiger partial charge on any atom is 0.266 e. The van der Waals surface area contributed by atoms with E-state index in [2.05, 4.69) is 25.5 Å². The molecule has 1 aliphatic heterocycles. The van der Waals surface area contributed by atoms with Crippen LogP contribution < -0.4 is 15.8 Å². The van der Waals surface area contributed by atoms with Gasteiger partial charge in [-0.05, 0) is 32.9 Å². The summed E-state index contributed by atoms with van der Waals surface area (Å²) in [6.07, 6.45) is 1.51. The number of aryl methyl sites for hydroxylation is 3. The molecule has 4 rings (SSSR count). The molecule has 1 saturated heterocycles. The number of amides is 1. The van der Waals surface area contributed by atoms with Gasteiger partial charge in [-0.2, -0.15) is 10.2 Å². The molecule has 10 heteroatoms. The SMILES string of the molecule is Cc1cc(C)n(-c2cc(N3CC(C(=O)NCCn4nc(C)ccc4=O)C3)ncn2)n1. The summed E-state index contributed by atoms with van der Waals surface area (Å²) in [6, 6.07) is 7.03. The zero-order valence-electron chi connectivity index (χ0n) is 17.2. The molecule has 156 valence electrons. The lowest BCUT2D eigenvalue weighted by molar-refractivity contribution is -0.125. The van der Waals surface area contributed by atoms with Crippen molar-refractivity contribution in [3.8, 4) is 5.82 Å². The lowest BCUT2D eigenvalue weighted by Gasteiger charge is -2.39. The Labute approximate surface area is 173 Å². The van der Waals surface area contributed by atoms with Gasteiger partial charge in [0.05, 0.1) is 23.9 Å². The van der Waals surface area contributed by atoms with E-state index in [4.69, 9.17) is 0 Å². The third-order valence-corrected chi connectivity index (χ3v) is 5.06. The van der Waals surface area contributed by atoms with Crippen LogP contribution in [0.4, 0.5) is 5.82 Å². The molecule has 0 spiro atoms. The van der Waals surface area contributed by atoms with E-state index < -0.39 is 0 Å². The van der Waals surface area contributed by atoms with Gasteiger partial charge in [0.25, 0.3) is 5.56 Å². The van der Waals surface area contributed by atoms with E-state index in [1.165, 1.54) is 17.1 Å². The molecular weight excluding hydrogens is 384 g/mol. The highest BCUT2D eigenvalue weighted by molar-refractivity contribution is 5.81. The highest BCUT2D eigenvalue weighted by Gasteiger charge is 2.33. The molecule has 0 saturated carbocycles. The van der Waals surface area contributed by atoms with E-state index in [0.29, 0.717) is 32.0 Å². The first-order chi connectivity index (χ1) is 14.4. The summed E-state index contributed by atoms with van der Waals surface area (Å²) in [6.45, 7) is 7.62. The quantitative estimate of drug-likeness (QED) is 0.628. The summed E-state index contributed by atoms with van der Waals surface area (Å²) >= 11 is 0. The molecule has 0 radical (unpaired) electrons.